The Kier molecular flexibility index (Phi) is 2.41. The zero-order chi connectivity index (χ0) is 12.0. The molecule has 1 heterocycles. The lowest BCUT2D eigenvalue weighted by atomic mass is 9.97. The number of fused-ring (bicyclic) bond motifs is 1. The van der Waals surface area contributed by atoms with Crippen molar-refractivity contribution in [3.63, 3.8) is 0 Å². The van der Waals surface area contributed by atoms with Gasteiger partial charge in [0.25, 0.3) is 0 Å². The zero-order valence-corrected chi connectivity index (χ0v) is 10.5. The van der Waals surface area contributed by atoms with Crippen LogP contribution in [-0.4, -0.2) is 9.13 Å². The van der Waals surface area contributed by atoms with Gasteiger partial charge in [-0.05, 0) is 36.1 Å². The summed E-state index contributed by atoms with van der Waals surface area (Å²) in [4.78, 5) is 11.8. The summed E-state index contributed by atoms with van der Waals surface area (Å²) >= 11 is 0. The SMILES string of the molecule is Cc1cc2c(cc1C(C)C)n(C)c(=O)n2C. The second kappa shape index (κ2) is 3.51. The number of benzene rings is 1. The molecule has 0 saturated carbocycles. The summed E-state index contributed by atoms with van der Waals surface area (Å²) < 4.78 is 3.41. The predicted molar refractivity (Wildman–Crippen MR) is 67.0 cm³/mol. The van der Waals surface area contributed by atoms with E-state index in [0.717, 1.165) is 11.0 Å². The van der Waals surface area contributed by atoms with E-state index in [2.05, 4.69) is 32.9 Å². The molecule has 0 N–H and O–H groups in total. The van der Waals surface area contributed by atoms with Crippen molar-refractivity contribution in [2.45, 2.75) is 26.7 Å². The molecule has 0 fully saturated rings. The summed E-state index contributed by atoms with van der Waals surface area (Å²) in [6.07, 6.45) is 0. The predicted octanol–water partition coefficient (Wildman–Crippen LogP) is 2.31. The summed E-state index contributed by atoms with van der Waals surface area (Å²) in [5, 5.41) is 0. The molecule has 2 aromatic rings. The lowest BCUT2D eigenvalue weighted by Gasteiger charge is -2.10. The third-order valence-electron chi connectivity index (χ3n) is 3.28. The molecule has 16 heavy (non-hydrogen) atoms. The van der Waals surface area contributed by atoms with Gasteiger partial charge in [-0.1, -0.05) is 13.8 Å². The molecule has 2 rings (SSSR count). The minimum Gasteiger partial charge on any atom is -0.295 e. The highest BCUT2D eigenvalue weighted by Crippen LogP contribution is 2.24. The lowest BCUT2D eigenvalue weighted by Crippen LogP contribution is -2.19. The minimum atomic E-state index is 0.0373. The number of imidazole rings is 1. The first-order valence-electron chi connectivity index (χ1n) is 5.59. The van der Waals surface area contributed by atoms with Crippen molar-refractivity contribution in [1.82, 2.24) is 9.13 Å². The molecule has 0 unspecified atom stereocenters. The molecule has 0 aliphatic rings. The lowest BCUT2D eigenvalue weighted by molar-refractivity contribution is 0.794. The fourth-order valence-corrected chi connectivity index (χ4v) is 2.29. The fourth-order valence-electron chi connectivity index (χ4n) is 2.29. The van der Waals surface area contributed by atoms with E-state index in [4.69, 9.17) is 0 Å². The van der Waals surface area contributed by atoms with Crippen LogP contribution in [0.4, 0.5) is 0 Å². The van der Waals surface area contributed by atoms with Gasteiger partial charge in [0, 0.05) is 14.1 Å². The van der Waals surface area contributed by atoms with E-state index in [1.807, 2.05) is 14.1 Å². The van der Waals surface area contributed by atoms with Crippen LogP contribution in [0, 0.1) is 6.92 Å². The number of aromatic nitrogens is 2. The summed E-state index contributed by atoms with van der Waals surface area (Å²) in [5.41, 5.74) is 4.63. The van der Waals surface area contributed by atoms with E-state index in [1.54, 1.807) is 9.13 Å². The van der Waals surface area contributed by atoms with Crippen molar-refractivity contribution in [2.75, 3.05) is 0 Å². The highest BCUT2D eigenvalue weighted by atomic mass is 16.1. The van der Waals surface area contributed by atoms with Crippen LogP contribution in [-0.2, 0) is 14.1 Å². The third kappa shape index (κ3) is 1.39. The summed E-state index contributed by atoms with van der Waals surface area (Å²) in [5.74, 6) is 0.486. The maximum Gasteiger partial charge on any atom is 0.328 e. The van der Waals surface area contributed by atoms with E-state index in [-0.39, 0.29) is 5.69 Å². The zero-order valence-electron chi connectivity index (χ0n) is 10.5. The molecule has 0 radical (unpaired) electrons. The maximum atomic E-state index is 11.8. The second-order valence-electron chi connectivity index (χ2n) is 4.75. The molecule has 0 aliphatic carbocycles. The van der Waals surface area contributed by atoms with Crippen molar-refractivity contribution >= 4 is 11.0 Å². The van der Waals surface area contributed by atoms with Crippen molar-refractivity contribution < 1.29 is 0 Å². The van der Waals surface area contributed by atoms with Crippen LogP contribution < -0.4 is 5.69 Å². The number of aryl methyl sites for hydroxylation is 3. The molecule has 0 saturated heterocycles. The first-order chi connectivity index (χ1) is 7.43. The van der Waals surface area contributed by atoms with E-state index in [1.165, 1.54) is 11.1 Å². The molecule has 0 atom stereocenters. The van der Waals surface area contributed by atoms with Crippen LogP contribution >= 0.6 is 0 Å². The number of hydrogen-bond acceptors (Lipinski definition) is 1. The molecule has 0 amide bonds. The number of hydrogen-bond donors (Lipinski definition) is 0. The summed E-state index contributed by atoms with van der Waals surface area (Å²) in [6, 6.07) is 4.24. The Labute approximate surface area is 95.3 Å². The van der Waals surface area contributed by atoms with Gasteiger partial charge in [0.2, 0.25) is 0 Å². The monoisotopic (exact) mass is 218 g/mol. The van der Waals surface area contributed by atoms with Crippen LogP contribution in [0.2, 0.25) is 0 Å². The van der Waals surface area contributed by atoms with Gasteiger partial charge < -0.3 is 0 Å². The van der Waals surface area contributed by atoms with Gasteiger partial charge >= 0.3 is 5.69 Å². The Morgan fingerprint density at radius 1 is 1.06 bits per heavy atom. The van der Waals surface area contributed by atoms with Crippen molar-refractivity contribution in [1.29, 1.82) is 0 Å². The average molecular weight is 218 g/mol. The molecular formula is C13H18N2O. The molecule has 0 bridgehead atoms. The Morgan fingerprint density at radius 2 is 1.56 bits per heavy atom. The molecule has 1 aromatic heterocycles. The summed E-state index contributed by atoms with van der Waals surface area (Å²) in [7, 11) is 3.64. The Hall–Kier alpha value is -1.51. The van der Waals surface area contributed by atoms with Crippen molar-refractivity contribution in [3.05, 3.63) is 33.7 Å². The largest absolute Gasteiger partial charge is 0.328 e. The molecule has 86 valence electrons. The molecular weight excluding hydrogens is 200 g/mol. The topological polar surface area (TPSA) is 26.9 Å². The average Bonchev–Trinajstić information content (AvgIpc) is 2.43. The Bertz CT molecular complexity index is 602. The third-order valence-corrected chi connectivity index (χ3v) is 3.28. The standard InChI is InChI=1S/C13H18N2O/c1-8(2)10-7-12-11(6-9(10)3)14(4)13(16)15(12)5/h6-8H,1-5H3. The Balaban J connectivity index is 2.90. The molecule has 3 nitrogen and oxygen atoms in total. The van der Waals surface area contributed by atoms with Crippen molar-refractivity contribution in [2.24, 2.45) is 14.1 Å². The van der Waals surface area contributed by atoms with E-state index >= 15 is 0 Å². The quantitative estimate of drug-likeness (QED) is 0.721. The fraction of sp³-hybridized carbons (Fsp3) is 0.462. The van der Waals surface area contributed by atoms with E-state index in [0.29, 0.717) is 5.92 Å². The highest BCUT2D eigenvalue weighted by Gasteiger charge is 2.11. The van der Waals surface area contributed by atoms with Crippen LogP contribution in [0.25, 0.3) is 11.0 Å². The Morgan fingerprint density at radius 3 is 2.06 bits per heavy atom. The van der Waals surface area contributed by atoms with Gasteiger partial charge in [-0.25, -0.2) is 4.79 Å². The minimum absolute atomic E-state index is 0.0373. The smallest absolute Gasteiger partial charge is 0.295 e. The van der Waals surface area contributed by atoms with Gasteiger partial charge in [0.05, 0.1) is 11.0 Å². The van der Waals surface area contributed by atoms with Gasteiger partial charge in [-0.3, -0.25) is 9.13 Å². The van der Waals surface area contributed by atoms with Gasteiger partial charge in [-0.2, -0.15) is 0 Å². The maximum absolute atomic E-state index is 11.8. The number of rotatable bonds is 1. The first kappa shape index (κ1) is 11.0. The van der Waals surface area contributed by atoms with Crippen LogP contribution in [0.1, 0.15) is 30.9 Å². The van der Waals surface area contributed by atoms with Crippen LogP contribution in [0.5, 0.6) is 0 Å². The first-order valence-corrected chi connectivity index (χ1v) is 5.59. The molecule has 3 heteroatoms. The van der Waals surface area contributed by atoms with Gasteiger partial charge in [0.1, 0.15) is 0 Å². The van der Waals surface area contributed by atoms with Crippen LogP contribution in [0.15, 0.2) is 16.9 Å². The molecule has 0 aliphatic heterocycles. The highest BCUT2D eigenvalue weighted by molar-refractivity contribution is 5.78. The molecule has 0 spiro atoms. The van der Waals surface area contributed by atoms with Crippen molar-refractivity contribution in [3.8, 4) is 0 Å². The van der Waals surface area contributed by atoms with E-state index < -0.39 is 0 Å². The number of nitrogens with zero attached hydrogens (tertiary/aromatic N) is 2. The molecule has 1 aromatic carbocycles. The second-order valence-corrected chi connectivity index (χ2v) is 4.75. The normalized spacial score (nSPS) is 11.6. The van der Waals surface area contributed by atoms with Gasteiger partial charge in [-0.15, -0.1) is 0 Å². The summed E-state index contributed by atoms with van der Waals surface area (Å²) in [6.45, 7) is 6.46. The van der Waals surface area contributed by atoms with E-state index in [9.17, 15) is 4.79 Å². The van der Waals surface area contributed by atoms with Crippen LogP contribution in [0.3, 0.4) is 0 Å². The van der Waals surface area contributed by atoms with Gasteiger partial charge in [0.15, 0.2) is 0 Å².